The Morgan fingerprint density at radius 3 is 2.68 bits per heavy atom. The predicted octanol–water partition coefficient (Wildman–Crippen LogP) is 4.07. The van der Waals surface area contributed by atoms with Crippen LogP contribution in [0.25, 0.3) is 0 Å². The van der Waals surface area contributed by atoms with Crippen LogP contribution in [0.4, 0.5) is 4.79 Å². The zero-order valence-corrected chi connectivity index (χ0v) is 21.3. The van der Waals surface area contributed by atoms with Gasteiger partial charge in [-0.25, -0.2) is 4.79 Å². The molecule has 3 aliphatic heterocycles. The van der Waals surface area contributed by atoms with Gasteiger partial charge in [0.25, 0.3) is 0 Å². The van der Waals surface area contributed by atoms with Gasteiger partial charge in [-0.1, -0.05) is 0 Å². The van der Waals surface area contributed by atoms with Gasteiger partial charge in [0, 0.05) is 36.6 Å². The molecule has 34 heavy (non-hydrogen) atoms. The van der Waals surface area contributed by atoms with Gasteiger partial charge in [0.05, 0.1) is 19.3 Å². The molecule has 8 heteroatoms. The number of rotatable bonds is 3. The Morgan fingerprint density at radius 2 is 2.00 bits per heavy atom. The Morgan fingerprint density at radius 1 is 1.26 bits per heavy atom. The maximum absolute atomic E-state index is 13.1. The van der Waals surface area contributed by atoms with Gasteiger partial charge in [-0.15, -0.1) is 0 Å². The molecule has 1 N–H and O–H groups in total. The fourth-order valence-electron chi connectivity index (χ4n) is 5.43. The highest BCUT2D eigenvalue weighted by Crippen LogP contribution is 2.53. The highest BCUT2D eigenvalue weighted by atomic mass is 16.6. The number of nitrogens with one attached hydrogen (secondary N) is 1. The van der Waals surface area contributed by atoms with E-state index in [4.69, 9.17) is 18.9 Å². The summed E-state index contributed by atoms with van der Waals surface area (Å²) in [5, 5.41) is 2.67. The molecule has 3 heterocycles. The molecule has 0 spiro atoms. The average molecular weight is 475 g/mol. The molecule has 8 nitrogen and oxygen atoms in total. The first-order chi connectivity index (χ1) is 15.9. The summed E-state index contributed by atoms with van der Waals surface area (Å²) in [5.41, 5.74) is 0.0457. The van der Waals surface area contributed by atoms with E-state index in [2.05, 4.69) is 19.2 Å². The Kier molecular flexibility index (Phi) is 6.48. The molecule has 2 saturated heterocycles. The summed E-state index contributed by atoms with van der Waals surface area (Å²) in [4.78, 5) is 27.0. The number of carbonyl (C=O) groups is 2. The number of piperidine rings is 1. The Labute approximate surface area is 202 Å². The van der Waals surface area contributed by atoms with Gasteiger partial charge >= 0.3 is 6.09 Å². The molecule has 4 rings (SSSR count). The summed E-state index contributed by atoms with van der Waals surface area (Å²) in [5.74, 6) is 1.88. The van der Waals surface area contributed by atoms with Crippen molar-refractivity contribution in [2.45, 2.75) is 83.8 Å². The van der Waals surface area contributed by atoms with Crippen LogP contribution in [0.3, 0.4) is 0 Å². The molecule has 3 aliphatic rings. The number of nitrogens with zero attached hydrogens (tertiary/aromatic N) is 1. The van der Waals surface area contributed by atoms with E-state index in [-0.39, 0.29) is 30.0 Å². The molecule has 2 amide bonds. The van der Waals surface area contributed by atoms with Gasteiger partial charge in [-0.3, -0.25) is 4.79 Å². The third-order valence-electron chi connectivity index (χ3n) is 7.12. The molecule has 0 unspecified atom stereocenters. The molecule has 1 aromatic rings. The highest BCUT2D eigenvalue weighted by Gasteiger charge is 2.51. The van der Waals surface area contributed by atoms with Gasteiger partial charge in [-0.2, -0.15) is 0 Å². The van der Waals surface area contributed by atoms with Gasteiger partial charge in [0.15, 0.2) is 0 Å². The van der Waals surface area contributed by atoms with E-state index in [1.54, 1.807) is 34.8 Å². The molecule has 5 atom stereocenters. The quantitative estimate of drug-likeness (QED) is 0.711. The van der Waals surface area contributed by atoms with E-state index < -0.39 is 23.3 Å². The lowest BCUT2D eigenvalue weighted by Gasteiger charge is -2.53. The number of carbonyl (C=O) groups excluding carboxylic acids is 2. The maximum Gasteiger partial charge on any atom is 0.408 e. The van der Waals surface area contributed by atoms with E-state index in [9.17, 15) is 9.59 Å². The third-order valence-corrected chi connectivity index (χ3v) is 7.12. The number of methoxy groups -OCH3 is 1. The smallest absolute Gasteiger partial charge is 0.408 e. The topological polar surface area (TPSA) is 86.3 Å². The second-order valence-electron chi connectivity index (χ2n) is 11.2. The Balaban J connectivity index is 1.44. The molecule has 0 radical (unpaired) electrons. The van der Waals surface area contributed by atoms with Crippen LogP contribution in [-0.4, -0.2) is 60.4 Å². The van der Waals surface area contributed by atoms with Gasteiger partial charge in [0.2, 0.25) is 5.91 Å². The molecule has 0 aliphatic carbocycles. The van der Waals surface area contributed by atoms with Crippen LogP contribution in [0.15, 0.2) is 18.2 Å². The van der Waals surface area contributed by atoms with Gasteiger partial charge in [0.1, 0.15) is 28.7 Å². The molecule has 0 bridgehead atoms. The van der Waals surface area contributed by atoms with E-state index in [0.29, 0.717) is 13.1 Å². The molecular formula is C26H38N2O6. The maximum atomic E-state index is 13.1. The molecular weight excluding hydrogens is 436 g/mol. The normalized spacial score (nSPS) is 28.4. The zero-order valence-electron chi connectivity index (χ0n) is 21.3. The van der Waals surface area contributed by atoms with Crippen LogP contribution < -0.4 is 14.8 Å². The average Bonchev–Trinajstić information content (AvgIpc) is 2.75. The number of hydrogen-bond acceptors (Lipinski definition) is 6. The minimum Gasteiger partial charge on any atom is -0.497 e. The second-order valence-corrected chi connectivity index (χ2v) is 11.2. The first-order valence-electron chi connectivity index (χ1n) is 12.2. The number of ether oxygens (including phenoxy) is 4. The van der Waals surface area contributed by atoms with Crippen LogP contribution in [0, 0.1) is 11.8 Å². The monoisotopic (exact) mass is 474 g/mol. The number of amides is 2. The fourth-order valence-corrected chi connectivity index (χ4v) is 5.43. The van der Waals surface area contributed by atoms with Crippen molar-refractivity contribution in [1.29, 1.82) is 0 Å². The summed E-state index contributed by atoms with van der Waals surface area (Å²) in [6, 6.07) is 5.28. The molecule has 0 aromatic heterocycles. The largest absolute Gasteiger partial charge is 0.497 e. The second kappa shape index (κ2) is 8.95. The summed E-state index contributed by atoms with van der Waals surface area (Å²) in [6.45, 7) is 12.5. The van der Waals surface area contributed by atoms with Crippen LogP contribution in [0.5, 0.6) is 11.5 Å². The van der Waals surface area contributed by atoms with Crippen molar-refractivity contribution < 1.29 is 28.5 Å². The Hall–Kier alpha value is -2.48. The van der Waals surface area contributed by atoms with Crippen molar-refractivity contribution in [1.82, 2.24) is 10.2 Å². The van der Waals surface area contributed by atoms with Crippen molar-refractivity contribution in [3.8, 4) is 11.5 Å². The summed E-state index contributed by atoms with van der Waals surface area (Å²) in [6.07, 6.45) is 1.14. The lowest BCUT2D eigenvalue weighted by molar-refractivity contribution is -0.189. The summed E-state index contributed by atoms with van der Waals surface area (Å²) >= 11 is 0. The van der Waals surface area contributed by atoms with E-state index in [1.807, 2.05) is 23.1 Å². The third kappa shape index (κ3) is 4.97. The van der Waals surface area contributed by atoms with Crippen molar-refractivity contribution in [2.75, 3.05) is 20.2 Å². The van der Waals surface area contributed by atoms with Crippen LogP contribution in [0.1, 0.15) is 66.1 Å². The lowest BCUT2D eigenvalue weighted by Crippen LogP contribution is -2.57. The summed E-state index contributed by atoms with van der Waals surface area (Å²) in [7, 11) is 1.65. The molecule has 188 valence electrons. The van der Waals surface area contributed by atoms with Crippen molar-refractivity contribution >= 4 is 12.0 Å². The number of benzene rings is 1. The summed E-state index contributed by atoms with van der Waals surface area (Å²) < 4.78 is 23.8. The number of fused-ring (bicyclic) bond motifs is 4. The van der Waals surface area contributed by atoms with Crippen molar-refractivity contribution in [3.63, 3.8) is 0 Å². The van der Waals surface area contributed by atoms with Gasteiger partial charge in [-0.05, 0) is 66.5 Å². The van der Waals surface area contributed by atoms with E-state index in [1.165, 1.54) is 0 Å². The standard InChI is InChI=1S/C26H38N2O6/c1-15(27-24(30)34-25(2,3)4)23(29)28-11-10-20-16(14-28)12-19-22(32-20)18-9-8-17(31-7)13-21(18)33-26(19,5)6/h8-9,13,15-16,19-20,22H,10-12,14H2,1-7H3,(H,27,30)/t15-,16-,19+,20+,22-/m1/s1. The van der Waals surface area contributed by atoms with Gasteiger partial charge < -0.3 is 29.2 Å². The molecule has 0 saturated carbocycles. The lowest BCUT2D eigenvalue weighted by atomic mass is 9.70. The number of alkyl carbamates (subject to hydrolysis) is 1. The van der Waals surface area contributed by atoms with Crippen molar-refractivity contribution in [2.24, 2.45) is 11.8 Å². The van der Waals surface area contributed by atoms with E-state index in [0.717, 1.165) is 29.9 Å². The SMILES string of the molecule is COc1ccc2c(c1)OC(C)(C)[C@H]1C[C@@H]3CN(C(=O)[C@@H](C)NC(=O)OC(C)(C)C)CC[C@@H]3O[C@H]21. The predicted molar refractivity (Wildman–Crippen MR) is 127 cm³/mol. The number of likely N-dealkylation sites (tertiary alicyclic amines) is 1. The minimum absolute atomic E-state index is 0.0408. The highest BCUT2D eigenvalue weighted by molar-refractivity contribution is 5.85. The minimum atomic E-state index is -0.653. The number of hydrogen-bond donors (Lipinski definition) is 1. The van der Waals surface area contributed by atoms with Crippen molar-refractivity contribution in [3.05, 3.63) is 23.8 Å². The molecule has 2 fully saturated rings. The first kappa shape index (κ1) is 24.6. The fraction of sp³-hybridized carbons (Fsp3) is 0.692. The van der Waals surface area contributed by atoms with E-state index >= 15 is 0 Å². The van der Waals surface area contributed by atoms with Crippen LogP contribution in [-0.2, 0) is 14.3 Å². The Bertz CT molecular complexity index is 940. The zero-order chi connectivity index (χ0) is 24.8. The van der Waals surface area contributed by atoms with Crippen LogP contribution in [0.2, 0.25) is 0 Å². The van der Waals surface area contributed by atoms with Crippen LogP contribution >= 0.6 is 0 Å². The first-order valence-corrected chi connectivity index (χ1v) is 12.2. The molecule has 1 aromatic carbocycles.